The lowest BCUT2D eigenvalue weighted by Gasteiger charge is -2.29. The third-order valence-corrected chi connectivity index (χ3v) is 6.16. The fourth-order valence-corrected chi connectivity index (χ4v) is 4.36. The van der Waals surface area contributed by atoms with Gasteiger partial charge in [0.1, 0.15) is 12.1 Å². The normalized spacial score (nSPS) is 22.5. The van der Waals surface area contributed by atoms with Gasteiger partial charge in [-0.05, 0) is 25.7 Å². The standard InChI is InChI=1S/C20H25N5O2/c26-20-9-15-12-27-8-6-17(15)23-25(20)11-16-5-2-7-24(16)19-10-18(21-13-22-19)14-3-1-4-14/h9-10,13-14,16H,1-8,11-12H2. The molecule has 0 radical (unpaired) electrons. The Morgan fingerprint density at radius 1 is 1.15 bits per heavy atom. The van der Waals surface area contributed by atoms with Gasteiger partial charge < -0.3 is 9.64 Å². The van der Waals surface area contributed by atoms with Crippen molar-refractivity contribution in [1.29, 1.82) is 0 Å². The fraction of sp³-hybridized carbons (Fsp3) is 0.600. The Morgan fingerprint density at radius 2 is 2.07 bits per heavy atom. The van der Waals surface area contributed by atoms with Crippen molar-refractivity contribution in [1.82, 2.24) is 19.7 Å². The van der Waals surface area contributed by atoms with Gasteiger partial charge in [0.2, 0.25) is 0 Å². The lowest BCUT2D eigenvalue weighted by Crippen LogP contribution is -2.38. The summed E-state index contributed by atoms with van der Waals surface area (Å²) in [5, 5.41) is 4.64. The summed E-state index contributed by atoms with van der Waals surface area (Å²) in [6.45, 7) is 2.76. The number of aromatic nitrogens is 4. The van der Waals surface area contributed by atoms with Crippen molar-refractivity contribution in [2.24, 2.45) is 0 Å². The van der Waals surface area contributed by atoms with Gasteiger partial charge in [0, 0.05) is 42.3 Å². The molecule has 142 valence electrons. The minimum Gasteiger partial charge on any atom is -0.376 e. The Morgan fingerprint density at radius 3 is 2.93 bits per heavy atom. The molecule has 0 spiro atoms. The molecule has 0 N–H and O–H groups in total. The van der Waals surface area contributed by atoms with E-state index in [4.69, 9.17) is 4.74 Å². The minimum absolute atomic E-state index is 0.0380. The molecule has 1 saturated heterocycles. The van der Waals surface area contributed by atoms with Gasteiger partial charge in [0.15, 0.2) is 0 Å². The van der Waals surface area contributed by atoms with Crippen molar-refractivity contribution < 1.29 is 4.74 Å². The van der Waals surface area contributed by atoms with Gasteiger partial charge in [-0.15, -0.1) is 0 Å². The predicted octanol–water partition coefficient (Wildman–Crippen LogP) is 2.04. The first-order valence-corrected chi connectivity index (χ1v) is 10.0. The SMILES string of the molecule is O=c1cc2c(nn1CC1CCCN1c1cc(C3CCC3)ncn1)CCOC2. The molecule has 27 heavy (non-hydrogen) atoms. The number of fused-ring (bicyclic) bond motifs is 1. The summed E-state index contributed by atoms with van der Waals surface area (Å²) in [5.41, 5.74) is 3.07. The molecule has 2 aliphatic heterocycles. The summed E-state index contributed by atoms with van der Waals surface area (Å²) < 4.78 is 7.07. The zero-order chi connectivity index (χ0) is 18.2. The van der Waals surface area contributed by atoms with Crippen molar-refractivity contribution >= 4 is 5.82 Å². The molecule has 0 amide bonds. The van der Waals surface area contributed by atoms with Gasteiger partial charge in [-0.25, -0.2) is 14.6 Å². The molecule has 7 heteroatoms. The van der Waals surface area contributed by atoms with Crippen LogP contribution in [-0.2, 0) is 24.3 Å². The van der Waals surface area contributed by atoms with E-state index in [1.54, 1.807) is 17.1 Å². The molecule has 1 aliphatic carbocycles. The number of hydrogen-bond acceptors (Lipinski definition) is 6. The highest BCUT2D eigenvalue weighted by molar-refractivity contribution is 5.42. The molecule has 5 rings (SSSR count). The van der Waals surface area contributed by atoms with Gasteiger partial charge in [0.25, 0.3) is 5.56 Å². The highest BCUT2D eigenvalue weighted by atomic mass is 16.5. The van der Waals surface area contributed by atoms with Crippen LogP contribution in [0.25, 0.3) is 0 Å². The maximum atomic E-state index is 12.5. The zero-order valence-corrected chi connectivity index (χ0v) is 15.5. The second-order valence-electron chi connectivity index (χ2n) is 7.86. The number of nitrogens with zero attached hydrogens (tertiary/aromatic N) is 5. The van der Waals surface area contributed by atoms with E-state index in [1.807, 2.05) is 0 Å². The topological polar surface area (TPSA) is 73.1 Å². The minimum atomic E-state index is -0.0380. The molecule has 1 unspecified atom stereocenters. The van der Waals surface area contributed by atoms with Crippen molar-refractivity contribution in [2.75, 3.05) is 18.1 Å². The summed E-state index contributed by atoms with van der Waals surface area (Å²) in [5.74, 6) is 1.59. The predicted molar refractivity (Wildman–Crippen MR) is 101 cm³/mol. The van der Waals surface area contributed by atoms with Crippen LogP contribution in [0.1, 0.15) is 55.0 Å². The van der Waals surface area contributed by atoms with E-state index in [1.165, 1.54) is 25.0 Å². The summed E-state index contributed by atoms with van der Waals surface area (Å²) in [6.07, 6.45) is 8.41. The molecular weight excluding hydrogens is 342 g/mol. The van der Waals surface area contributed by atoms with E-state index >= 15 is 0 Å². The number of rotatable bonds is 4. The van der Waals surface area contributed by atoms with Gasteiger partial charge in [-0.3, -0.25) is 4.79 Å². The Balaban J connectivity index is 1.38. The summed E-state index contributed by atoms with van der Waals surface area (Å²) in [6, 6.07) is 4.10. The summed E-state index contributed by atoms with van der Waals surface area (Å²) in [7, 11) is 0. The van der Waals surface area contributed by atoms with E-state index in [2.05, 4.69) is 26.0 Å². The molecule has 3 aliphatic rings. The molecule has 7 nitrogen and oxygen atoms in total. The van der Waals surface area contributed by atoms with Crippen LogP contribution in [0.15, 0.2) is 23.3 Å². The quantitative estimate of drug-likeness (QED) is 0.823. The van der Waals surface area contributed by atoms with Crippen LogP contribution < -0.4 is 10.5 Å². The Hall–Kier alpha value is -2.28. The molecule has 0 aromatic carbocycles. The maximum Gasteiger partial charge on any atom is 0.267 e. The van der Waals surface area contributed by atoms with Gasteiger partial charge >= 0.3 is 0 Å². The first-order valence-electron chi connectivity index (χ1n) is 10.0. The van der Waals surface area contributed by atoms with E-state index in [-0.39, 0.29) is 11.6 Å². The fourth-order valence-electron chi connectivity index (χ4n) is 4.36. The first-order chi connectivity index (χ1) is 13.3. The molecule has 4 heterocycles. The highest BCUT2D eigenvalue weighted by Crippen LogP contribution is 2.36. The van der Waals surface area contributed by atoms with Crippen LogP contribution in [0.2, 0.25) is 0 Å². The Labute approximate surface area is 158 Å². The van der Waals surface area contributed by atoms with Gasteiger partial charge in [0.05, 0.1) is 31.5 Å². The van der Waals surface area contributed by atoms with Crippen molar-refractivity contribution in [3.8, 4) is 0 Å². The molecule has 1 saturated carbocycles. The third-order valence-electron chi connectivity index (χ3n) is 6.16. The smallest absolute Gasteiger partial charge is 0.267 e. The lowest BCUT2D eigenvalue weighted by atomic mass is 9.83. The Kier molecular flexibility index (Phi) is 4.39. The number of ether oxygens (including phenoxy) is 1. The van der Waals surface area contributed by atoms with Gasteiger partial charge in [-0.1, -0.05) is 6.42 Å². The summed E-state index contributed by atoms with van der Waals surface area (Å²) in [4.78, 5) is 23.9. The van der Waals surface area contributed by atoms with E-state index in [9.17, 15) is 4.79 Å². The van der Waals surface area contributed by atoms with Crippen LogP contribution in [0.4, 0.5) is 5.82 Å². The van der Waals surface area contributed by atoms with Crippen LogP contribution in [0.5, 0.6) is 0 Å². The molecular formula is C20H25N5O2. The number of anilines is 1. The third kappa shape index (κ3) is 3.25. The van der Waals surface area contributed by atoms with Crippen molar-refractivity contribution in [3.63, 3.8) is 0 Å². The molecule has 2 fully saturated rings. The molecule has 0 bridgehead atoms. The molecule has 2 aromatic rings. The monoisotopic (exact) mass is 367 g/mol. The van der Waals surface area contributed by atoms with Crippen molar-refractivity contribution in [2.45, 2.75) is 63.6 Å². The van der Waals surface area contributed by atoms with E-state index in [0.717, 1.165) is 42.9 Å². The van der Waals surface area contributed by atoms with E-state index < -0.39 is 0 Å². The maximum absolute atomic E-state index is 12.5. The lowest BCUT2D eigenvalue weighted by molar-refractivity contribution is 0.108. The van der Waals surface area contributed by atoms with Crippen LogP contribution in [0, 0.1) is 0 Å². The number of hydrogen-bond donors (Lipinski definition) is 0. The second-order valence-corrected chi connectivity index (χ2v) is 7.86. The average Bonchev–Trinajstić information content (AvgIpc) is 3.09. The largest absolute Gasteiger partial charge is 0.376 e. The van der Waals surface area contributed by atoms with E-state index in [0.29, 0.717) is 25.7 Å². The van der Waals surface area contributed by atoms with Crippen molar-refractivity contribution in [3.05, 3.63) is 45.8 Å². The summed E-state index contributed by atoms with van der Waals surface area (Å²) >= 11 is 0. The van der Waals surface area contributed by atoms with Crippen LogP contribution in [-0.4, -0.2) is 38.9 Å². The molecule has 2 aromatic heterocycles. The Bertz CT molecular complexity index is 892. The van der Waals surface area contributed by atoms with Gasteiger partial charge in [-0.2, -0.15) is 5.10 Å². The highest BCUT2D eigenvalue weighted by Gasteiger charge is 2.29. The molecule has 1 atom stereocenters. The average molecular weight is 367 g/mol. The second kappa shape index (κ2) is 7.03. The zero-order valence-electron chi connectivity index (χ0n) is 15.5. The van der Waals surface area contributed by atoms with Crippen LogP contribution >= 0.6 is 0 Å². The first kappa shape index (κ1) is 16.9. The van der Waals surface area contributed by atoms with Crippen LogP contribution in [0.3, 0.4) is 0 Å².